The van der Waals surface area contributed by atoms with Gasteiger partial charge in [0, 0.05) is 10.6 Å². The molecule has 4 heteroatoms. The fourth-order valence-electron chi connectivity index (χ4n) is 2.34. The molecule has 2 aromatic carbocycles. The fourth-order valence-corrected chi connectivity index (χ4v) is 3.21. The van der Waals surface area contributed by atoms with E-state index in [9.17, 15) is 4.79 Å². The summed E-state index contributed by atoms with van der Waals surface area (Å²) in [6.45, 7) is 6.05. The molecule has 1 N–H and O–H groups in total. The second-order valence-electron chi connectivity index (χ2n) is 5.39. The van der Waals surface area contributed by atoms with Crippen LogP contribution < -0.4 is 10.1 Å². The minimum Gasteiger partial charge on any atom is -0.497 e. The van der Waals surface area contributed by atoms with E-state index in [0.29, 0.717) is 0 Å². The second-order valence-corrected chi connectivity index (χ2v) is 6.80. The molecule has 0 fully saturated rings. The Balaban J connectivity index is 2.05. The Morgan fingerprint density at radius 3 is 2.52 bits per heavy atom. The van der Waals surface area contributed by atoms with Gasteiger partial charge in [-0.2, -0.15) is 0 Å². The van der Waals surface area contributed by atoms with E-state index in [0.717, 1.165) is 28.3 Å². The third-order valence-electron chi connectivity index (χ3n) is 3.73. The number of amides is 1. The normalized spacial score (nSPS) is 11.8. The zero-order valence-corrected chi connectivity index (χ0v) is 14.9. The Morgan fingerprint density at radius 2 is 1.91 bits per heavy atom. The van der Waals surface area contributed by atoms with Gasteiger partial charge < -0.3 is 10.1 Å². The molecule has 2 rings (SSSR count). The van der Waals surface area contributed by atoms with Crippen LogP contribution in [-0.4, -0.2) is 18.3 Å². The van der Waals surface area contributed by atoms with Crippen LogP contribution >= 0.6 is 11.8 Å². The highest BCUT2D eigenvalue weighted by Gasteiger charge is 2.16. The van der Waals surface area contributed by atoms with E-state index < -0.39 is 0 Å². The predicted molar refractivity (Wildman–Crippen MR) is 97.5 cm³/mol. The molecule has 0 aliphatic rings. The first-order valence-electron chi connectivity index (χ1n) is 7.75. The lowest BCUT2D eigenvalue weighted by atomic mass is 10.1. The first-order valence-corrected chi connectivity index (χ1v) is 8.63. The summed E-state index contributed by atoms with van der Waals surface area (Å²) >= 11 is 1.54. The largest absolute Gasteiger partial charge is 0.497 e. The molecule has 23 heavy (non-hydrogen) atoms. The average molecular weight is 329 g/mol. The van der Waals surface area contributed by atoms with Gasteiger partial charge in [-0.25, -0.2) is 0 Å². The maximum Gasteiger partial charge on any atom is 0.237 e. The van der Waals surface area contributed by atoms with Crippen LogP contribution in [-0.2, 0) is 11.2 Å². The van der Waals surface area contributed by atoms with E-state index >= 15 is 0 Å². The Labute approximate surface area is 142 Å². The Morgan fingerprint density at radius 1 is 1.22 bits per heavy atom. The van der Waals surface area contributed by atoms with Crippen LogP contribution in [0, 0.1) is 6.92 Å². The van der Waals surface area contributed by atoms with Gasteiger partial charge in [-0.1, -0.05) is 25.1 Å². The van der Waals surface area contributed by atoms with Crippen molar-refractivity contribution in [1.82, 2.24) is 0 Å². The van der Waals surface area contributed by atoms with Gasteiger partial charge in [-0.15, -0.1) is 11.8 Å². The molecule has 2 aromatic rings. The second kappa shape index (κ2) is 8.06. The maximum absolute atomic E-state index is 12.5. The smallest absolute Gasteiger partial charge is 0.237 e. The molecule has 0 spiro atoms. The van der Waals surface area contributed by atoms with Crippen molar-refractivity contribution in [3.05, 3.63) is 53.6 Å². The summed E-state index contributed by atoms with van der Waals surface area (Å²) in [7, 11) is 1.64. The number of aryl methyl sites for hydroxylation is 2. The summed E-state index contributed by atoms with van der Waals surface area (Å²) in [4.78, 5) is 13.6. The van der Waals surface area contributed by atoms with Gasteiger partial charge in [-0.3, -0.25) is 4.79 Å². The van der Waals surface area contributed by atoms with Crippen LogP contribution in [0.15, 0.2) is 47.4 Å². The summed E-state index contributed by atoms with van der Waals surface area (Å²) in [6, 6.07) is 13.9. The minimum atomic E-state index is -0.173. The highest BCUT2D eigenvalue weighted by atomic mass is 32.2. The van der Waals surface area contributed by atoms with Crippen LogP contribution in [0.3, 0.4) is 0 Å². The molecule has 0 radical (unpaired) electrons. The highest BCUT2D eigenvalue weighted by molar-refractivity contribution is 8.00. The van der Waals surface area contributed by atoms with E-state index in [1.165, 1.54) is 5.56 Å². The van der Waals surface area contributed by atoms with Gasteiger partial charge in [0.1, 0.15) is 5.75 Å². The van der Waals surface area contributed by atoms with Crippen molar-refractivity contribution < 1.29 is 9.53 Å². The molecule has 0 aliphatic heterocycles. The third-order valence-corrected chi connectivity index (χ3v) is 4.84. The number of hydrogen-bond donors (Lipinski definition) is 1. The van der Waals surface area contributed by atoms with Crippen LogP contribution in [0.25, 0.3) is 0 Å². The molecular weight excluding hydrogens is 306 g/mol. The van der Waals surface area contributed by atoms with Crippen molar-refractivity contribution >= 4 is 23.4 Å². The number of carbonyl (C=O) groups excluding carboxylic acids is 1. The Hall–Kier alpha value is -1.94. The van der Waals surface area contributed by atoms with Gasteiger partial charge in [-0.05, 0) is 55.7 Å². The van der Waals surface area contributed by atoms with Crippen LogP contribution in [0.5, 0.6) is 5.75 Å². The molecule has 0 saturated carbocycles. The zero-order chi connectivity index (χ0) is 16.8. The third kappa shape index (κ3) is 4.52. The highest BCUT2D eigenvalue weighted by Crippen LogP contribution is 2.27. The SMILES string of the molecule is CCc1cccc(C)c1NC(=O)C(C)Sc1ccc(OC)cc1. The average Bonchev–Trinajstić information content (AvgIpc) is 2.57. The molecule has 0 bridgehead atoms. The number of hydrogen-bond acceptors (Lipinski definition) is 3. The molecule has 0 aliphatic carbocycles. The van der Waals surface area contributed by atoms with E-state index in [-0.39, 0.29) is 11.2 Å². The van der Waals surface area contributed by atoms with E-state index in [1.54, 1.807) is 18.9 Å². The summed E-state index contributed by atoms with van der Waals surface area (Å²) in [6.07, 6.45) is 0.900. The molecular formula is C19H23NO2S. The molecule has 0 heterocycles. The van der Waals surface area contributed by atoms with Crippen LogP contribution in [0.2, 0.25) is 0 Å². The molecule has 1 amide bonds. The van der Waals surface area contributed by atoms with Crippen molar-refractivity contribution in [1.29, 1.82) is 0 Å². The summed E-state index contributed by atoms with van der Waals surface area (Å²) in [5.41, 5.74) is 3.21. The topological polar surface area (TPSA) is 38.3 Å². The van der Waals surface area contributed by atoms with Crippen molar-refractivity contribution in [2.75, 3.05) is 12.4 Å². The molecule has 122 valence electrons. The number of ether oxygens (including phenoxy) is 1. The summed E-state index contributed by atoms with van der Waals surface area (Å²) < 4.78 is 5.15. The minimum absolute atomic E-state index is 0.0230. The number of methoxy groups -OCH3 is 1. The number of nitrogens with one attached hydrogen (secondary N) is 1. The molecule has 0 saturated heterocycles. The lowest BCUT2D eigenvalue weighted by molar-refractivity contribution is -0.115. The van der Waals surface area contributed by atoms with E-state index in [4.69, 9.17) is 4.74 Å². The number of thioether (sulfide) groups is 1. The van der Waals surface area contributed by atoms with Crippen molar-refractivity contribution in [2.24, 2.45) is 0 Å². The van der Waals surface area contributed by atoms with Gasteiger partial charge in [0.15, 0.2) is 0 Å². The molecule has 1 atom stereocenters. The Bertz CT molecular complexity index is 668. The van der Waals surface area contributed by atoms with Gasteiger partial charge >= 0.3 is 0 Å². The van der Waals surface area contributed by atoms with Crippen molar-refractivity contribution in [3.8, 4) is 5.75 Å². The molecule has 0 aromatic heterocycles. The summed E-state index contributed by atoms with van der Waals surface area (Å²) in [5.74, 6) is 0.841. The number of para-hydroxylation sites is 1. The van der Waals surface area contributed by atoms with Crippen LogP contribution in [0.4, 0.5) is 5.69 Å². The fraction of sp³-hybridized carbons (Fsp3) is 0.316. The van der Waals surface area contributed by atoms with E-state index in [1.807, 2.05) is 50.2 Å². The van der Waals surface area contributed by atoms with Crippen molar-refractivity contribution in [2.45, 2.75) is 37.3 Å². The van der Waals surface area contributed by atoms with Gasteiger partial charge in [0.05, 0.1) is 12.4 Å². The lowest BCUT2D eigenvalue weighted by Crippen LogP contribution is -2.23. The molecule has 1 unspecified atom stereocenters. The predicted octanol–water partition coefficient (Wildman–Crippen LogP) is 4.69. The number of benzene rings is 2. The lowest BCUT2D eigenvalue weighted by Gasteiger charge is -2.16. The quantitative estimate of drug-likeness (QED) is 0.782. The Kier molecular flexibility index (Phi) is 6.11. The van der Waals surface area contributed by atoms with Crippen LogP contribution in [0.1, 0.15) is 25.0 Å². The number of carbonyl (C=O) groups is 1. The van der Waals surface area contributed by atoms with Gasteiger partial charge in [0.25, 0.3) is 0 Å². The first kappa shape index (κ1) is 17.4. The first-order chi connectivity index (χ1) is 11.0. The standard InChI is InChI=1S/C19H23NO2S/c1-5-15-8-6-7-13(2)18(15)20-19(21)14(3)23-17-11-9-16(22-4)10-12-17/h6-12,14H,5H2,1-4H3,(H,20,21). The van der Waals surface area contributed by atoms with E-state index in [2.05, 4.69) is 18.3 Å². The monoisotopic (exact) mass is 329 g/mol. The summed E-state index contributed by atoms with van der Waals surface area (Å²) in [5, 5.41) is 2.91. The maximum atomic E-state index is 12.5. The number of anilines is 1. The number of rotatable bonds is 6. The zero-order valence-electron chi connectivity index (χ0n) is 14.1. The molecule has 3 nitrogen and oxygen atoms in total. The van der Waals surface area contributed by atoms with Gasteiger partial charge in [0.2, 0.25) is 5.91 Å². The van der Waals surface area contributed by atoms with Crippen molar-refractivity contribution in [3.63, 3.8) is 0 Å².